The van der Waals surface area contributed by atoms with E-state index in [1.54, 1.807) is 48.5 Å². The van der Waals surface area contributed by atoms with Crippen LogP contribution in [0.15, 0.2) is 136 Å². The van der Waals surface area contributed by atoms with E-state index >= 15 is 0 Å². The van der Waals surface area contributed by atoms with Gasteiger partial charge < -0.3 is 18.9 Å². The van der Waals surface area contributed by atoms with Crippen LogP contribution >= 0.6 is 11.6 Å². The predicted molar refractivity (Wildman–Crippen MR) is 206 cm³/mol. The third-order valence-corrected chi connectivity index (χ3v) is 8.10. The quantitative estimate of drug-likeness (QED) is 0.0382. The number of nitrogens with zero attached hydrogens (tertiary/aromatic N) is 4. The van der Waals surface area contributed by atoms with Gasteiger partial charge in [0, 0.05) is 6.07 Å². The molecule has 11 heteroatoms. The van der Waals surface area contributed by atoms with Gasteiger partial charge in [-0.3, -0.25) is 0 Å². The van der Waals surface area contributed by atoms with Crippen LogP contribution in [-0.2, 0) is 0 Å². The van der Waals surface area contributed by atoms with Crippen LogP contribution in [0.1, 0.15) is 73.1 Å². The Hall–Kier alpha value is -5.87. The highest BCUT2D eigenvalue weighted by Crippen LogP contribution is 2.31. The van der Waals surface area contributed by atoms with Gasteiger partial charge in [-0.2, -0.15) is 20.5 Å². The van der Waals surface area contributed by atoms with Crippen molar-refractivity contribution in [1.82, 2.24) is 0 Å². The van der Waals surface area contributed by atoms with Crippen molar-refractivity contribution in [2.75, 3.05) is 13.2 Å². The van der Waals surface area contributed by atoms with Gasteiger partial charge in [0.2, 0.25) is 0 Å². The lowest BCUT2D eigenvalue weighted by Gasteiger charge is -2.09. The fourth-order valence-corrected chi connectivity index (χ4v) is 4.97. The van der Waals surface area contributed by atoms with Gasteiger partial charge in [0.25, 0.3) is 0 Å². The number of hydrogen-bond donors (Lipinski definition) is 0. The van der Waals surface area contributed by atoms with Crippen LogP contribution in [0.3, 0.4) is 0 Å². The second kappa shape index (κ2) is 20.2. The molecular weight excluding hydrogens is 692 g/mol. The van der Waals surface area contributed by atoms with E-state index in [1.807, 2.05) is 48.5 Å². The van der Waals surface area contributed by atoms with Crippen LogP contribution in [0, 0.1) is 0 Å². The van der Waals surface area contributed by atoms with Crippen molar-refractivity contribution in [2.45, 2.75) is 52.4 Å². The van der Waals surface area contributed by atoms with Crippen molar-refractivity contribution < 1.29 is 28.5 Å². The molecular formula is C42H41ClN4O6. The third kappa shape index (κ3) is 12.4. The third-order valence-electron chi connectivity index (χ3n) is 7.79. The van der Waals surface area contributed by atoms with Gasteiger partial charge in [0.1, 0.15) is 17.2 Å². The van der Waals surface area contributed by atoms with Crippen molar-refractivity contribution in [1.29, 1.82) is 0 Å². The maximum absolute atomic E-state index is 12.9. The normalized spacial score (nSPS) is 11.2. The van der Waals surface area contributed by atoms with Crippen molar-refractivity contribution in [3.8, 4) is 23.0 Å². The minimum Gasteiger partial charge on any atom is -0.494 e. The maximum atomic E-state index is 12.9. The molecule has 0 heterocycles. The van der Waals surface area contributed by atoms with E-state index in [0.29, 0.717) is 41.5 Å². The van der Waals surface area contributed by atoms with E-state index in [4.69, 9.17) is 30.5 Å². The molecule has 0 aliphatic rings. The average Bonchev–Trinajstić information content (AvgIpc) is 3.19. The summed E-state index contributed by atoms with van der Waals surface area (Å²) in [6.45, 7) is 5.69. The molecule has 272 valence electrons. The maximum Gasteiger partial charge on any atom is 0.343 e. The summed E-state index contributed by atoms with van der Waals surface area (Å²) in [5.74, 6) is 0.509. The summed E-state index contributed by atoms with van der Waals surface area (Å²) in [5.41, 5.74) is 3.03. The summed E-state index contributed by atoms with van der Waals surface area (Å²) in [4.78, 5) is 25.8. The first-order chi connectivity index (χ1) is 25.9. The number of esters is 2. The van der Waals surface area contributed by atoms with E-state index in [1.165, 1.54) is 18.2 Å². The zero-order chi connectivity index (χ0) is 37.3. The van der Waals surface area contributed by atoms with Gasteiger partial charge in [-0.25, -0.2) is 9.59 Å². The standard InChI is InChI=1S/C42H41ClN4O6/c1-3-5-7-27-50-36-21-17-34(18-22-36)46-44-32-13-9-30(10-14-32)41(48)52-38-25-26-39(43)40(29-38)53-42(49)31-11-15-33(16-12-31)45-47-35-19-23-37(24-20-35)51-28-8-6-4-2/h9-26,29H,3-8,27-28H2,1-2H3. The molecule has 0 fully saturated rings. The molecule has 0 atom stereocenters. The van der Waals surface area contributed by atoms with E-state index in [2.05, 4.69) is 34.3 Å². The van der Waals surface area contributed by atoms with Crippen molar-refractivity contribution in [3.05, 3.63) is 131 Å². The van der Waals surface area contributed by atoms with Crippen LogP contribution in [0.2, 0.25) is 5.02 Å². The fraction of sp³-hybridized carbons (Fsp3) is 0.238. The van der Waals surface area contributed by atoms with Crippen molar-refractivity contribution >= 4 is 46.3 Å². The number of halogens is 1. The molecule has 0 aliphatic carbocycles. The van der Waals surface area contributed by atoms with E-state index in [9.17, 15) is 9.59 Å². The molecule has 0 amide bonds. The second-order valence-electron chi connectivity index (χ2n) is 12.0. The SMILES string of the molecule is CCCCCOc1ccc(N=Nc2ccc(C(=O)Oc3ccc(Cl)c(OC(=O)c4ccc(N=Nc5ccc(OCCCCC)cc5)cc4)c3)cc2)cc1. The Morgan fingerprint density at radius 2 is 0.868 bits per heavy atom. The van der Waals surface area contributed by atoms with Crippen molar-refractivity contribution in [2.24, 2.45) is 20.5 Å². The summed E-state index contributed by atoms with van der Waals surface area (Å²) in [7, 11) is 0. The van der Waals surface area contributed by atoms with Gasteiger partial charge >= 0.3 is 11.9 Å². The average molecular weight is 733 g/mol. The fourth-order valence-electron chi connectivity index (χ4n) is 4.81. The van der Waals surface area contributed by atoms with Gasteiger partial charge in [0.15, 0.2) is 5.75 Å². The van der Waals surface area contributed by atoms with E-state index in [-0.39, 0.29) is 22.1 Å². The number of unbranched alkanes of at least 4 members (excludes halogenated alkanes) is 4. The summed E-state index contributed by atoms with van der Waals surface area (Å²) in [6.07, 6.45) is 6.62. The number of azo groups is 2. The molecule has 0 aliphatic heterocycles. The lowest BCUT2D eigenvalue weighted by atomic mass is 10.2. The first-order valence-corrected chi connectivity index (χ1v) is 18.0. The molecule has 0 spiro atoms. The second-order valence-corrected chi connectivity index (χ2v) is 12.4. The number of ether oxygens (including phenoxy) is 4. The zero-order valence-electron chi connectivity index (χ0n) is 29.7. The molecule has 10 nitrogen and oxygen atoms in total. The number of carbonyl (C=O) groups is 2. The summed E-state index contributed by atoms with van der Waals surface area (Å²) in [5, 5.41) is 17.2. The van der Waals surface area contributed by atoms with Crippen LogP contribution in [0.4, 0.5) is 22.7 Å². The largest absolute Gasteiger partial charge is 0.494 e. The smallest absolute Gasteiger partial charge is 0.343 e. The highest BCUT2D eigenvalue weighted by Gasteiger charge is 2.15. The molecule has 0 radical (unpaired) electrons. The highest BCUT2D eigenvalue weighted by atomic mass is 35.5. The summed E-state index contributed by atoms with van der Waals surface area (Å²) in [6, 6.07) is 32.1. The first kappa shape index (κ1) is 38.4. The molecule has 5 aromatic carbocycles. The van der Waals surface area contributed by atoms with E-state index in [0.717, 1.165) is 50.0 Å². The Morgan fingerprint density at radius 3 is 1.28 bits per heavy atom. The lowest BCUT2D eigenvalue weighted by molar-refractivity contribution is 0.0733. The van der Waals surface area contributed by atoms with Gasteiger partial charge in [0.05, 0.1) is 52.1 Å². The van der Waals surface area contributed by atoms with Gasteiger partial charge in [-0.1, -0.05) is 51.1 Å². The monoisotopic (exact) mass is 732 g/mol. The molecule has 0 N–H and O–H groups in total. The van der Waals surface area contributed by atoms with Crippen LogP contribution in [0.25, 0.3) is 0 Å². The summed E-state index contributed by atoms with van der Waals surface area (Å²) >= 11 is 6.30. The zero-order valence-corrected chi connectivity index (χ0v) is 30.5. The Labute approximate surface area is 314 Å². The van der Waals surface area contributed by atoms with Crippen LogP contribution in [0.5, 0.6) is 23.0 Å². The molecule has 53 heavy (non-hydrogen) atoms. The molecule has 5 rings (SSSR count). The molecule has 0 saturated carbocycles. The number of rotatable bonds is 18. The highest BCUT2D eigenvalue weighted by molar-refractivity contribution is 6.32. The number of hydrogen-bond acceptors (Lipinski definition) is 10. The number of carbonyl (C=O) groups excluding carboxylic acids is 2. The lowest BCUT2D eigenvalue weighted by Crippen LogP contribution is -2.10. The Kier molecular flexibility index (Phi) is 14.7. The first-order valence-electron chi connectivity index (χ1n) is 17.6. The predicted octanol–water partition coefficient (Wildman–Crippen LogP) is 12.7. The molecule has 0 bridgehead atoms. The Morgan fingerprint density at radius 1 is 0.491 bits per heavy atom. The van der Waals surface area contributed by atoms with Crippen LogP contribution in [-0.4, -0.2) is 25.2 Å². The molecule has 0 aromatic heterocycles. The van der Waals surface area contributed by atoms with Crippen molar-refractivity contribution in [3.63, 3.8) is 0 Å². The molecule has 0 saturated heterocycles. The minimum atomic E-state index is -0.648. The Balaban J connectivity index is 1.11. The summed E-state index contributed by atoms with van der Waals surface area (Å²) < 4.78 is 22.5. The minimum absolute atomic E-state index is 0.0374. The molecule has 0 unspecified atom stereocenters. The van der Waals surface area contributed by atoms with E-state index < -0.39 is 11.9 Å². The molecule has 5 aromatic rings. The van der Waals surface area contributed by atoms with Crippen LogP contribution < -0.4 is 18.9 Å². The van der Waals surface area contributed by atoms with Gasteiger partial charge in [-0.05, 0) is 122 Å². The Bertz CT molecular complexity index is 1980. The van der Waals surface area contributed by atoms with Gasteiger partial charge in [-0.15, -0.1) is 0 Å². The number of benzene rings is 5. The topological polar surface area (TPSA) is 121 Å².